The molecule has 0 aliphatic rings. The predicted molar refractivity (Wildman–Crippen MR) is 112 cm³/mol. The molecular formula is C19H17Cl3N4. The average Bonchev–Trinajstić information content (AvgIpc) is 2.62. The van der Waals surface area contributed by atoms with Crippen LogP contribution in [0.25, 0.3) is 23.1 Å². The van der Waals surface area contributed by atoms with Gasteiger partial charge >= 0.3 is 0 Å². The molecule has 0 bridgehead atoms. The Hall–Kier alpha value is -1.85. The van der Waals surface area contributed by atoms with E-state index in [1.807, 2.05) is 36.4 Å². The largest absolute Gasteiger partial charge is 0.369 e. The SMILES string of the molecule is NCCCNc1nc(/C=C/c2ccc(Cl)c(Cl)c2)nc2cc(Cl)ccc12. The lowest BCUT2D eigenvalue weighted by atomic mass is 10.2. The number of nitrogens with zero attached hydrogens (tertiary/aromatic N) is 2. The maximum Gasteiger partial charge on any atom is 0.154 e. The van der Waals surface area contributed by atoms with Gasteiger partial charge in [-0.25, -0.2) is 9.97 Å². The molecule has 0 radical (unpaired) electrons. The molecule has 134 valence electrons. The first-order chi connectivity index (χ1) is 12.6. The number of nitrogens with one attached hydrogen (secondary N) is 1. The Balaban J connectivity index is 1.96. The first kappa shape index (κ1) is 18.9. The number of halogens is 3. The molecule has 0 aliphatic carbocycles. The van der Waals surface area contributed by atoms with Crippen molar-refractivity contribution in [3.63, 3.8) is 0 Å². The lowest BCUT2D eigenvalue weighted by Crippen LogP contribution is -2.10. The van der Waals surface area contributed by atoms with E-state index in [1.54, 1.807) is 12.1 Å². The minimum absolute atomic E-state index is 0.504. The summed E-state index contributed by atoms with van der Waals surface area (Å²) >= 11 is 18.1. The number of hydrogen-bond acceptors (Lipinski definition) is 4. The fourth-order valence-corrected chi connectivity index (χ4v) is 2.90. The van der Waals surface area contributed by atoms with Gasteiger partial charge in [-0.3, -0.25) is 0 Å². The minimum atomic E-state index is 0.504. The van der Waals surface area contributed by atoms with Crippen molar-refractivity contribution in [1.29, 1.82) is 0 Å². The lowest BCUT2D eigenvalue weighted by Gasteiger charge is -2.09. The highest BCUT2D eigenvalue weighted by Crippen LogP contribution is 2.25. The van der Waals surface area contributed by atoms with E-state index in [2.05, 4.69) is 15.3 Å². The van der Waals surface area contributed by atoms with Gasteiger partial charge in [0.25, 0.3) is 0 Å². The number of rotatable bonds is 6. The molecule has 0 amide bonds. The van der Waals surface area contributed by atoms with Gasteiger partial charge in [-0.05, 0) is 54.9 Å². The highest BCUT2D eigenvalue weighted by molar-refractivity contribution is 6.42. The standard InChI is InChI=1S/C19H17Cl3N4/c20-13-4-5-14-17(11-13)25-18(26-19(14)24-9-1-8-23)7-3-12-2-6-15(21)16(22)10-12/h2-7,10-11H,1,8-9,23H2,(H,24,25,26)/b7-3+. The average molecular weight is 408 g/mol. The van der Waals surface area contributed by atoms with Crippen LogP contribution in [0.3, 0.4) is 0 Å². The summed E-state index contributed by atoms with van der Waals surface area (Å²) in [6.07, 6.45) is 4.57. The van der Waals surface area contributed by atoms with E-state index in [1.165, 1.54) is 0 Å². The summed E-state index contributed by atoms with van der Waals surface area (Å²) in [5.41, 5.74) is 7.25. The van der Waals surface area contributed by atoms with Gasteiger partial charge in [0.2, 0.25) is 0 Å². The third kappa shape index (κ3) is 4.65. The van der Waals surface area contributed by atoms with Crippen molar-refractivity contribution < 1.29 is 0 Å². The molecule has 1 aromatic heterocycles. The predicted octanol–water partition coefficient (Wildman–Crippen LogP) is 5.52. The highest BCUT2D eigenvalue weighted by atomic mass is 35.5. The Bertz CT molecular complexity index is 957. The first-order valence-electron chi connectivity index (χ1n) is 8.11. The van der Waals surface area contributed by atoms with E-state index < -0.39 is 0 Å². The summed E-state index contributed by atoms with van der Waals surface area (Å²) < 4.78 is 0. The van der Waals surface area contributed by atoms with Crippen LogP contribution in [0.1, 0.15) is 17.8 Å². The molecular weight excluding hydrogens is 391 g/mol. The fourth-order valence-electron chi connectivity index (χ4n) is 2.43. The Morgan fingerprint density at radius 3 is 2.58 bits per heavy atom. The van der Waals surface area contributed by atoms with Crippen molar-refractivity contribution in [2.75, 3.05) is 18.4 Å². The molecule has 0 aliphatic heterocycles. The van der Waals surface area contributed by atoms with Crippen LogP contribution in [-0.4, -0.2) is 23.1 Å². The number of fused-ring (bicyclic) bond motifs is 1. The topological polar surface area (TPSA) is 63.8 Å². The summed E-state index contributed by atoms with van der Waals surface area (Å²) in [6, 6.07) is 11.0. The third-order valence-corrected chi connectivity index (χ3v) is 4.69. The fraction of sp³-hybridized carbons (Fsp3) is 0.158. The Morgan fingerprint density at radius 2 is 1.81 bits per heavy atom. The van der Waals surface area contributed by atoms with Crippen LogP contribution in [-0.2, 0) is 0 Å². The molecule has 0 saturated heterocycles. The molecule has 0 spiro atoms. The quantitative estimate of drug-likeness (QED) is 0.528. The number of aromatic nitrogens is 2. The molecule has 3 N–H and O–H groups in total. The van der Waals surface area contributed by atoms with Crippen molar-refractivity contribution in [3.8, 4) is 0 Å². The Morgan fingerprint density at radius 1 is 0.962 bits per heavy atom. The van der Waals surface area contributed by atoms with Gasteiger partial charge in [0.15, 0.2) is 5.82 Å². The van der Waals surface area contributed by atoms with Gasteiger partial charge in [-0.1, -0.05) is 46.9 Å². The molecule has 0 saturated carbocycles. The number of hydrogen-bond donors (Lipinski definition) is 2. The summed E-state index contributed by atoms with van der Waals surface area (Å²) in [7, 11) is 0. The zero-order valence-electron chi connectivity index (χ0n) is 13.8. The maximum atomic E-state index is 6.11. The van der Waals surface area contributed by atoms with Crippen molar-refractivity contribution in [1.82, 2.24) is 9.97 Å². The summed E-state index contributed by atoms with van der Waals surface area (Å²) in [4.78, 5) is 9.18. The van der Waals surface area contributed by atoms with Crippen LogP contribution < -0.4 is 11.1 Å². The molecule has 0 fully saturated rings. The third-order valence-electron chi connectivity index (χ3n) is 3.72. The molecule has 26 heavy (non-hydrogen) atoms. The molecule has 0 atom stereocenters. The van der Waals surface area contributed by atoms with Gasteiger partial charge in [0.1, 0.15) is 5.82 Å². The van der Waals surface area contributed by atoms with E-state index in [0.29, 0.717) is 27.4 Å². The number of nitrogens with two attached hydrogens (primary N) is 1. The molecule has 3 rings (SSSR count). The van der Waals surface area contributed by atoms with E-state index in [0.717, 1.165) is 35.2 Å². The lowest BCUT2D eigenvalue weighted by molar-refractivity contribution is 0.870. The van der Waals surface area contributed by atoms with Crippen LogP contribution in [0.2, 0.25) is 15.1 Å². The van der Waals surface area contributed by atoms with Gasteiger partial charge in [-0.15, -0.1) is 0 Å². The van der Waals surface area contributed by atoms with Crippen LogP contribution >= 0.6 is 34.8 Å². The molecule has 3 aromatic rings. The van der Waals surface area contributed by atoms with Crippen molar-refractivity contribution in [2.24, 2.45) is 5.73 Å². The zero-order chi connectivity index (χ0) is 18.5. The number of anilines is 1. The van der Waals surface area contributed by atoms with Crippen LogP contribution in [0, 0.1) is 0 Å². The zero-order valence-corrected chi connectivity index (χ0v) is 16.1. The first-order valence-corrected chi connectivity index (χ1v) is 9.24. The van der Waals surface area contributed by atoms with E-state index in [4.69, 9.17) is 40.5 Å². The Labute approximate surface area is 167 Å². The normalized spacial score (nSPS) is 11.4. The minimum Gasteiger partial charge on any atom is -0.369 e. The Kier molecular flexibility index (Phi) is 6.33. The second-order valence-electron chi connectivity index (χ2n) is 5.67. The second kappa shape index (κ2) is 8.69. The molecule has 1 heterocycles. The molecule has 7 heteroatoms. The van der Waals surface area contributed by atoms with Crippen molar-refractivity contribution >= 4 is 63.7 Å². The summed E-state index contributed by atoms with van der Waals surface area (Å²) in [6.45, 7) is 1.35. The molecule has 4 nitrogen and oxygen atoms in total. The van der Waals surface area contributed by atoms with E-state index in [9.17, 15) is 0 Å². The van der Waals surface area contributed by atoms with E-state index >= 15 is 0 Å². The van der Waals surface area contributed by atoms with Crippen molar-refractivity contribution in [3.05, 3.63) is 62.9 Å². The highest BCUT2D eigenvalue weighted by Gasteiger charge is 2.07. The van der Waals surface area contributed by atoms with E-state index in [-0.39, 0.29) is 0 Å². The summed E-state index contributed by atoms with van der Waals surface area (Å²) in [5, 5.41) is 5.88. The summed E-state index contributed by atoms with van der Waals surface area (Å²) in [5.74, 6) is 1.33. The maximum absolute atomic E-state index is 6.11. The van der Waals surface area contributed by atoms with Gasteiger partial charge in [-0.2, -0.15) is 0 Å². The molecule has 2 aromatic carbocycles. The second-order valence-corrected chi connectivity index (χ2v) is 6.92. The monoisotopic (exact) mass is 406 g/mol. The molecule has 0 unspecified atom stereocenters. The van der Waals surface area contributed by atoms with Crippen molar-refractivity contribution in [2.45, 2.75) is 6.42 Å². The smallest absolute Gasteiger partial charge is 0.154 e. The van der Waals surface area contributed by atoms with Crippen LogP contribution in [0.5, 0.6) is 0 Å². The van der Waals surface area contributed by atoms with Crippen LogP contribution in [0.15, 0.2) is 36.4 Å². The van der Waals surface area contributed by atoms with Gasteiger partial charge in [0.05, 0.1) is 15.6 Å². The van der Waals surface area contributed by atoms with Gasteiger partial charge in [0, 0.05) is 17.0 Å². The van der Waals surface area contributed by atoms with Gasteiger partial charge < -0.3 is 11.1 Å². The number of benzene rings is 2. The van der Waals surface area contributed by atoms with Crippen LogP contribution in [0.4, 0.5) is 5.82 Å².